The smallest absolute Gasteiger partial charge is 0.151 e. The number of alkyl halides is 1. The molecule has 0 saturated carbocycles. The van der Waals surface area contributed by atoms with Crippen LogP contribution in [-0.2, 0) is 7.05 Å². The first-order chi connectivity index (χ1) is 14.1. The van der Waals surface area contributed by atoms with Crippen LogP contribution in [0.3, 0.4) is 0 Å². The zero-order chi connectivity index (χ0) is 20.5. The number of fused-ring (bicyclic) bond motifs is 1. The molecule has 1 aliphatic heterocycles. The molecule has 0 amide bonds. The van der Waals surface area contributed by atoms with E-state index in [-0.39, 0.29) is 5.52 Å². The lowest BCUT2D eigenvalue weighted by atomic mass is 10.0. The Balaban J connectivity index is 0.000000994. The van der Waals surface area contributed by atoms with Crippen LogP contribution in [0.1, 0.15) is 13.8 Å². The molecule has 0 atom stereocenters. The number of halogens is 2. The monoisotopic (exact) mass is 396 g/mol. The number of hydrogen-bond donors (Lipinski definition) is 1. The molecule has 1 aromatic carbocycles. The maximum Gasteiger partial charge on any atom is 0.151 e. The Bertz CT molecular complexity index is 1140. The number of anilines is 1. The maximum atomic E-state index is 14.6. The highest BCUT2D eigenvalue weighted by molar-refractivity contribution is 5.96. The number of nitrogens with one attached hydrogen (secondary N) is 1. The molecule has 1 fully saturated rings. The molecule has 4 aromatic rings. The van der Waals surface area contributed by atoms with Crippen LogP contribution in [0.25, 0.3) is 33.3 Å². The summed E-state index contributed by atoms with van der Waals surface area (Å²) in [7, 11) is 1.82. The number of pyridine rings is 1. The topological polar surface area (TPSA) is 62.6 Å². The van der Waals surface area contributed by atoms with Crippen molar-refractivity contribution in [2.24, 2.45) is 7.05 Å². The number of aromatic amines is 1. The summed E-state index contributed by atoms with van der Waals surface area (Å²) in [5.41, 5.74) is 3.37. The average Bonchev–Trinajstić information content (AvgIpc) is 3.34. The summed E-state index contributed by atoms with van der Waals surface area (Å²) in [5.74, 6) is 0.305. The SMILES string of the molecule is CC.Cn1cc(-c2cc(F)c3n[nH]c(-c4ccnc(N5CC(F)C5)c4)c3c2)cn1. The third kappa shape index (κ3) is 3.46. The van der Waals surface area contributed by atoms with Gasteiger partial charge in [0, 0.05) is 36.0 Å². The van der Waals surface area contributed by atoms with Gasteiger partial charge in [0.1, 0.15) is 17.5 Å². The van der Waals surface area contributed by atoms with Gasteiger partial charge in [-0.15, -0.1) is 0 Å². The lowest BCUT2D eigenvalue weighted by molar-refractivity contribution is 0.273. The quantitative estimate of drug-likeness (QED) is 0.559. The fourth-order valence-electron chi connectivity index (χ4n) is 3.39. The van der Waals surface area contributed by atoms with Gasteiger partial charge in [0.2, 0.25) is 0 Å². The third-order valence-electron chi connectivity index (χ3n) is 4.85. The Morgan fingerprint density at radius 1 is 1.10 bits per heavy atom. The second-order valence-electron chi connectivity index (χ2n) is 6.76. The van der Waals surface area contributed by atoms with Crippen LogP contribution in [-0.4, -0.2) is 44.2 Å². The van der Waals surface area contributed by atoms with Crippen LogP contribution in [0, 0.1) is 5.82 Å². The molecule has 5 rings (SSSR count). The van der Waals surface area contributed by atoms with Gasteiger partial charge in [0.05, 0.1) is 25.0 Å². The van der Waals surface area contributed by atoms with Crippen LogP contribution in [0.2, 0.25) is 0 Å². The van der Waals surface area contributed by atoms with Crippen molar-refractivity contribution in [2.45, 2.75) is 20.0 Å². The molecule has 0 unspecified atom stereocenters. The van der Waals surface area contributed by atoms with Gasteiger partial charge in [-0.2, -0.15) is 10.2 Å². The van der Waals surface area contributed by atoms with Crippen molar-refractivity contribution in [3.8, 4) is 22.4 Å². The van der Waals surface area contributed by atoms with Crippen LogP contribution >= 0.6 is 0 Å². The predicted molar refractivity (Wildman–Crippen MR) is 110 cm³/mol. The second kappa shape index (κ2) is 7.62. The number of rotatable bonds is 3. The van der Waals surface area contributed by atoms with Gasteiger partial charge in [-0.25, -0.2) is 13.8 Å². The zero-order valence-electron chi connectivity index (χ0n) is 16.5. The van der Waals surface area contributed by atoms with E-state index in [4.69, 9.17) is 0 Å². The van der Waals surface area contributed by atoms with Crippen LogP contribution in [0.15, 0.2) is 42.9 Å². The van der Waals surface area contributed by atoms with Crippen molar-refractivity contribution in [1.29, 1.82) is 0 Å². The molecule has 4 heterocycles. The minimum absolute atomic E-state index is 0.281. The first kappa shape index (κ1) is 19.0. The molecule has 0 radical (unpaired) electrons. The van der Waals surface area contributed by atoms with Gasteiger partial charge in [0.15, 0.2) is 5.82 Å². The number of hydrogen-bond acceptors (Lipinski definition) is 4. The minimum Gasteiger partial charge on any atom is -0.351 e. The minimum atomic E-state index is -0.806. The standard InChI is InChI=1S/C19H16F2N6.C2H6/c1-26-8-13(7-23-26)12-4-15-18(24-25-19(15)16(21)5-12)11-2-3-22-17(6-11)27-9-14(20)10-27;1-2/h2-8,14H,9-10H2,1H3,(H,24,25);1-2H3. The normalized spacial score (nSPS) is 13.9. The zero-order valence-corrected chi connectivity index (χ0v) is 16.5. The first-order valence-corrected chi connectivity index (χ1v) is 9.60. The van der Waals surface area contributed by atoms with Gasteiger partial charge in [-0.05, 0) is 29.8 Å². The lowest BCUT2D eigenvalue weighted by Gasteiger charge is -2.35. The second-order valence-corrected chi connectivity index (χ2v) is 6.76. The highest BCUT2D eigenvalue weighted by atomic mass is 19.1. The van der Waals surface area contributed by atoms with E-state index >= 15 is 0 Å². The molecule has 3 aromatic heterocycles. The summed E-state index contributed by atoms with van der Waals surface area (Å²) in [6.07, 6.45) is 4.40. The fourth-order valence-corrected chi connectivity index (χ4v) is 3.39. The average molecular weight is 396 g/mol. The van der Waals surface area contributed by atoms with E-state index in [1.807, 2.05) is 50.2 Å². The number of aromatic nitrogens is 5. The van der Waals surface area contributed by atoms with Crippen LogP contribution in [0.4, 0.5) is 14.6 Å². The van der Waals surface area contributed by atoms with E-state index in [1.165, 1.54) is 6.07 Å². The Kier molecular flexibility index (Phi) is 5.00. The van der Waals surface area contributed by atoms with Gasteiger partial charge in [0.25, 0.3) is 0 Å². The molecular weight excluding hydrogens is 374 g/mol. The van der Waals surface area contributed by atoms with E-state index < -0.39 is 12.0 Å². The van der Waals surface area contributed by atoms with E-state index in [2.05, 4.69) is 20.3 Å². The molecule has 0 aliphatic carbocycles. The number of nitrogens with zero attached hydrogens (tertiary/aromatic N) is 5. The van der Waals surface area contributed by atoms with Gasteiger partial charge in [-0.3, -0.25) is 9.78 Å². The van der Waals surface area contributed by atoms with E-state index in [1.54, 1.807) is 17.1 Å². The Morgan fingerprint density at radius 3 is 2.59 bits per heavy atom. The van der Waals surface area contributed by atoms with Crippen molar-refractivity contribution >= 4 is 16.7 Å². The summed E-state index contributed by atoms with van der Waals surface area (Å²) >= 11 is 0. The van der Waals surface area contributed by atoms with Gasteiger partial charge < -0.3 is 4.90 Å². The predicted octanol–water partition coefficient (Wildman–Crippen LogP) is 4.35. The van der Waals surface area contributed by atoms with Crippen LogP contribution < -0.4 is 4.90 Å². The Morgan fingerprint density at radius 2 is 1.90 bits per heavy atom. The molecular formula is C21H22F2N6. The molecule has 150 valence electrons. The fraction of sp³-hybridized carbons (Fsp3) is 0.286. The van der Waals surface area contributed by atoms with Gasteiger partial charge >= 0.3 is 0 Å². The van der Waals surface area contributed by atoms with E-state index in [0.717, 1.165) is 16.7 Å². The highest BCUT2D eigenvalue weighted by Gasteiger charge is 2.27. The summed E-state index contributed by atoms with van der Waals surface area (Å²) in [6, 6.07) is 7.06. The number of aryl methyl sites for hydroxylation is 1. The summed E-state index contributed by atoms with van der Waals surface area (Å²) < 4.78 is 29.4. The Labute approximate surface area is 167 Å². The number of benzene rings is 1. The molecule has 1 aliphatic rings. The van der Waals surface area contributed by atoms with Gasteiger partial charge in [-0.1, -0.05) is 13.8 Å². The summed E-state index contributed by atoms with van der Waals surface area (Å²) in [6.45, 7) is 4.69. The summed E-state index contributed by atoms with van der Waals surface area (Å²) in [5, 5.41) is 11.9. The third-order valence-corrected chi connectivity index (χ3v) is 4.85. The van der Waals surface area contributed by atoms with Crippen LogP contribution in [0.5, 0.6) is 0 Å². The largest absolute Gasteiger partial charge is 0.351 e. The molecule has 8 heteroatoms. The van der Waals surface area contributed by atoms with Crippen molar-refractivity contribution in [3.05, 3.63) is 48.7 Å². The Hall–Kier alpha value is -3.29. The van der Waals surface area contributed by atoms with E-state index in [0.29, 0.717) is 30.0 Å². The molecule has 0 spiro atoms. The lowest BCUT2D eigenvalue weighted by Crippen LogP contribution is -2.48. The highest BCUT2D eigenvalue weighted by Crippen LogP contribution is 2.33. The molecule has 1 N–H and O–H groups in total. The molecule has 29 heavy (non-hydrogen) atoms. The van der Waals surface area contributed by atoms with Crippen molar-refractivity contribution in [1.82, 2.24) is 25.0 Å². The van der Waals surface area contributed by atoms with E-state index in [9.17, 15) is 8.78 Å². The summed E-state index contributed by atoms with van der Waals surface area (Å²) in [4.78, 5) is 6.18. The van der Waals surface area contributed by atoms with Crippen molar-refractivity contribution in [3.63, 3.8) is 0 Å². The van der Waals surface area contributed by atoms with Crippen molar-refractivity contribution < 1.29 is 8.78 Å². The maximum absolute atomic E-state index is 14.6. The molecule has 6 nitrogen and oxygen atoms in total. The molecule has 1 saturated heterocycles. The first-order valence-electron chi connectivity index (χ1n) is 9.60. The number of H-pyrrole nitrogens is 1. The van der Waals surface area contributed by atoms with Crippen molar-refractivity contribution in [2.75, 3.05) is 18.0 Å². The molecule has 0 bridgehead atoms.